The van der Waals surface area contributed by atoms with Crippen LogP contribution in [0, 0.1) is 6.92 Å². The van der Waals surface area contributed by atoms with E-state index < -0.39 is 10.0 Å². The molecule has 0 aliphatic carbocycles. The van der Waals surface area contributed by atoms with E-state index in [9.17, 15) is 13.2 Å². The number of nitrogens with zero attached hydrogens (tertiary/aromatic N) is 2. The van der Waals surface area contributed by atoms with E-state index in [-0.39, 0.29) is 29.3 Å². The number of carbonyl (C=O) groups is 1. The highest BCUT2D eigenvalue weighted by Gasteiger charge is 2.26. The topological polar surface area (TPSA) is 71.4 Å². The first-order chi connectivity index (χ1) is 11.4. The van der Waals surface area contributed by atoms with Crippen molar-refractivity contribution in [1.82, 2.24) is 14.2 Å². The van der Waals surface area contributed by atoms with Crippen molar-refractivity contribution < 1.29 is 13.2 Å². The van der Waals surface area contributed by atoms with E-state index in [1.54, 1.807) is 35.2 Å². The van der Waals surface area contributed by atoms with Crippen LogP contribution in [0.2, 0.25) is 0 Å². The summed E-state index contributed by atoms with van der Waals surface area (Å²) in [6.45, 7) is 5.99. The zero-order valence-corrected chi connectivity index (χ0v) is 15.8. The zero-order valence-electron chi connectivity index (χ0n) is 14.2. The number of hydrogen-bond donors (Lipinski definition) is 1. The molecule has 0 spiro atoms. The highest BCUT2D eigenvalue weighted by atomic mass is 35.5. The summed E-state index contributed by atoms with van der Waals surface area (Å²) in [6.07, 6.45) is 2.82. The van der Waals surface area contributed by atoms with Crippen molar-refractivity contribution in [3.05, 3.63) is 53.9 Å². The summed E-state index contributed by atoms with van der Waals surface area (Å²) in [4.78, 5) is 14.6. The van der Waals surface area contributed by atoms with Gasteiger partial charge >= 0.3 is 0 Å². The first-order valence-corrected chi connectivity index (χ1v) is 9.35. The predicted octanol–water partition coefficient (Wildman–Crippen LogP) is 1.89. The zero-order chi connectivity index (χ0) is 17.3. The van der Waals surface area contributed by atoms with Gasteiger partial charge in [0, 0.05) is 38.1 Å². The smallest absolute Gasteiger partial charge is 0.267 e. The molecule has 1 N–H and O–H groups in total. The molecule has 1 fully saturated rings. The molecular weight excluding hydrogens is 362 g/mol. The summed E-state index contributed by atoms with van der Waals surface area (Å²) in [5.74, 6) is -0.137. The number of aryl methyl sites for hydroxylation is 1. The molecule has 136 valence electrons. The fraction of sp³-hybridized carbons (Fsp3) is 0.353. The summed E-state index contributed by atoms with van der Waals surface area (Å²) in [6, 6.07) is 8.30. The maximum atomic E-state index is 12.6. The van der Waals surface area contributed by atoms with Gasteiger partial charge in [-0.15, -0.1) is 12.4 Å². The number of piperazine rings is 1. The lowest BCUT2D eigenvalue weighted by Crippen LogP contribution is -2.52. The van der Waals surface area contributed by atoms with Crippen molar-refractivity contribution in [3.63, 3.8) is 0 Å². The molecule has 1 aliphatic heterocycles. The Morgan fingerprint density at radius 1 is 1.20 bits per heavy atom. The molecule has 8 heteroatoms. The molecule has 1 aromatic heterocycles. The number of aromatic nitrogens is 1. The summed E-state index contributed by atoms with van der Waals surface area (Å²) in [5.41, 5.74) is 1.38. The number of nitrogens with one attached hydrogen (secondary N) is 1. The number of halogens is 1. The van der Waals surface area contributed by atoms with E-state index >= 15 is 0 Å². The molecular formula is C17H22ClN3O3S. The van der Waals surface area contributed by atoms with Crippen molar-refractivity contribution in [2.45, 2.75) is 24.8 Å². The molecule has 25 heavy (non-hydrogen) atoms. The first-order valence-electron chi connectivity index (χ1n) is 7.91. The van der Waals surface area contributed by atoms with Crippen LogP contribution in [0.3, 0.4) is 0 Å². The second kappa shape index (κ2) is 7.59. The summed E-state index contributed by atoms with van der Waals surface area (Å²) in [7, 11) is -3.68. The lowest BCUT2D eigenvalue weighted by molar-refractivity contribution is 0.0656. The molecule has 0 saturated carbocycles. The Balaban J connectivity index is 0.00000225. The van der Waals surface area contributed by atoms with Crippen molar-refractivity contribution in [2.75, 3.05) is 19.6 Å². The Morgan fingerprint density at radius 3 is 2.52 bits per heavy atom. The van der Waals surface area contributed by atoms with Gasteiger partial charge < -0.3 is 10.2 Å². The molecule has 6 nitrogen and oxygen atoms in total. The highest BCUT2D eigenvalue weighted by molar-refractivity contribution is 7.90. The van der Waals surface area contributed by atoms with Gasteiger partial charge in [0.1, 0.15) is 0 Å². The summed E-state index contributed by atoms with van der Waals surface area (Å²) in [5, 5.41) is 3.23. The predicted molar refractivity (Wildman–Crippen MR) is 98.8 cm³/mol. The molecule has 1 aromatic carbocycles. The molecule has 1 atom stereocenters. The van der Waals surface area contributed by atoms with E-state index in [1.165, 1.54) is 12.4 Å². The van der Waals surface area contributed by atoms with E-state index in [1.807, 2.05) is 13.8 Å². The fourth-order valence-corrected chi connectivity index (χ4v) is 3.99. The normalized spacial score (nSPS) is 17.8. The quantitative estimate of drug-likeness (QED) is 0.878. The van der Waals surface area contributed by atoms with E-state index in [0.717, 1.165) is 22.6 Å². The van der Waals surface area contributed by atoms with Gasteiger partial charge in [0.15, 0.2) is 0 Å². The van der Waals surface area contributed by atoms with Gasteiger partial charge in [-0.05, 0) is 32.0 Å². The van der Waals surface area contributed by atoms with Gasteiger partial charge in [-0.3, -0.25) is 4.79 Å². The van der Waals surface area contributed by atoms with Crippen LogP contribution in [0.15, 0.2) is 47.6 Å². The Bertz CT molecular complexity index is 846. The number of amides is 1. The lowest BCUT2D eigenvalue weighted by Gasteiger charge is -2.33. The Hall–Kier alpha value is -1.83. The van der Waals surface area contributed by atoms with E-state index in [2.05, 4.69) is 5.32 Å². The van der Waals surface area contributed by atoms with E-state index in [0.29, 0.717) is 12.1 Å². The van der Waals surface area contributed by atoms with Gasteiger partial charge in [-0.2, -0.15) is 0 Å². The average molecular weight is 384 g/mol. The number of carbonyl (C=O) groups excluding carboxylic acids is 1. The molecule has 2 aromatic rings. The van der Waals surface area contributed by atoms with Crippen molar-refractivity contribution in [3.8, 4) is 0 Å². The summed E-state index contributed by atoms with van der Waals surface area (Å²) < 4.78 is 26.4. The Labute approximate surface area is 154 Å². The minimum absolute atomic E-state index is 0. The second-order valence-electron chi connectivity index (χ2n) is 6.10. The largest absolute Gasteiger partial charge is 0.333 e. The van der Waals surface area contributed by atoms with Crippen LogP contribution >= 0.6 is 12.4 Å². The number of rotatable bonds is 3. The third-order valence-corrected chi connectivity index (χ3v) is 5.92. The molecule has 1 amide bonds. The van der Waals surface area contributed by atoms with Crippen LogP contribution in [0.1, 0.15) is 22.8 Å². The van der Waals surface area contributed by atoms with Crippen molar-refractivity contribution in [2.24, 2.45) is 0 Å². The second-order valence-corrected chi connectivity index (χ2v) is 7.94. The van der Waals surface area contributed by atoms with Gasteiger partial charge in [-0.25, -0.2) is 12.4 Å². The minimum Gasteiger partial charge on any atom is -0.333 e. The Kier molecular flexibility index (Phi) is 5.92. The average Bonchev–Trinajstić information content (AvgIpc) is 3.06. The van der Waals surface area contributed by atoms with Gasteiger partial charge in [0.05, 0.1) is 10.5 Å². The van der Waals surface area contributed by atoms with Crippen molar-refractivity contribution >= 4 is 28.3 Å². The third-order valence-electron chi connectivity index (χ3n) is 4.27. The fourth-order valence-electron chi connectivity index (χ4n) is 2.79. The summed E-state index contributed by atoms with van der Waals surface area (Å²) >= 11 is 0. The highest BCUT2D eigenvalue weighted by Crippen LogP contribution is 2.17. The van der Waals surface area contributed by atoms with Crippen LogP contribution in [-0.2, 0) is 10.0 Å². The molecule has 0 radical (unpaired) electrons. The van der Waals surface area contributed by atoms with Crippen molar-refractivity contribution in [1.29, 1.82) is 0 Å². The molecule has 2 heterocycles. The van der Waals surface area contributed by atoms with Gasteiger partial charge in [0.2, 0.25) is 0 Å². The van der Waals surface area contributed by atoms with Crippen LogP contribution < -0.4 is 5.32 Å². The van der Waals surface area contributed by atoms with Gasteiger partial charge in [0.25, 0.3) is 15.9 Å². The number of benzene rings is 1. The van der Waals surface area contributed by atoms with Crippen LogP contribution in [0.5, 0.6) is 0 Å². The standard InChI is InChI=1S/C17H21N3O3S.ClH/c1-13-3-5-16(6-4-13)24(22,23)19-9-7-15(12-19)17(21)20-10-8-18-11-14(20)2;/h3-7,9,12,14,18H,8,10-11H2,1-2H3;1H/t14-;/m0./s1. The lowest BCUT2D eigenvalue weighted by atomic mass is 10.2. The monoisotopic (exact) mass is 383 g/mol. The first kappa shape index (κ1) is 19.5. The van der Waals surface area contributed by atoms with E-state index in [4.69, 9.17) is 0 Å². The third kappa shape index (κ3) is 3.89. The molecule has 3 rings (SSSR count). The molecule has 1 saturated heterocycles. The maximum absolute atomic E-state index is 12.6. The Morgan fingerprint density at radius 2 is 1.88 bits per heavy atom. The SMILES string of the molecule is Cc1ccc(S(=O)(=O)n2ccc(C(=O)N3CCNC[C@@H]3C)c2)cc1.Cl. The number of hydrogen-bond acceptors (Lipinski definition) is 4. The maximum Gasteiger partial charge on any atom is 0.267 e. The van der Waals surface area contributed by atoms with Crippen LogP contribution in [0.4, 0.5) is 0 Å². The molecule has 0 unspecified atom stereocenters. The minimum atomic E-state index is -3.68. The van der Waals surface area contributed by atoms with Crippen LogP contribution in [-0.4, -0.2) is 48.9 Å². The van der Waals surface area contributed by atoms with Gasteiger partial charge in [-0.1, -0.05) is 17.7 Å². The molecule has 1 aliphatic rings. The van der Waals surface area contributed by atoms with Crippen LogP contribution in [0.25, 0.3) is 0 Å². The molecule has 0 bridgehead atoms.